The third kappa shape index (κ3) is 4.51. The number of nitrogens with one attached hydrogen (secondary N) is 2. The van der Waals surface area contributed by atoms with Gasteiger partial charge in [0.15, 0.2) is 0 Å². The van der Waals surface area contributed by atoms with Gasteiger partial charge in [0.05, 0.1) is 5.02 Å². The largest absolute Gasteiger partial charge is 0.402 e. The SMILES string of the molecule is CC(C)(C(=O)NCc1ccc(Cl)c(C(=N)N)c1)C(F)(F)F.Cl. The maximum atomic E-state index is 12.7. The minimum Gasteiger partial charge on any atom is -0.384 e. The van der Waals surface area contributed by atoms with Crippen LogP contribution in [-0.2, 0) is 11.3 Å². The number of carbonyl (C=O) groups excluding carboxylic acids is 1. The second kappa shape index (κ2) is 7.19. The van der Waals surface area contributed by atoms with E-state index in [2.05, 4.69) is 5.32 Å². The molecule has 1 aromatic rings. The minimum atomic E-state index is -4.64. The molecule has 0 unspecified atom stereocenters. The lowest BCUT2D eigenvalue weighted by Gasteiger charge is -2.26. The molecule has 4 nitrogen and oxygen atoms in total. The van der Waals surface area contributed by atoms with E-state index in [-0.39, 0.29) is 35.4 Å². The minimum absolute atomic E-state index is 0. The Morgan fingerprint density at radius 1 is 1.36 bits per heavy atom. The summed E-state index contributed by atoms with van der Waals surface area (Å²) in [6, 6.07) is 4.45. The maximum absolute atomic E-state index is 12.7. The molecule has 4 N–H and O–H groups in total. The average molecular weight is 358 g/mol. The van der Waals surface area contributed by atoms with Crippen molar-refractivity contribution in [3.8, 4) is 0 Å². The highest BCUT2D eigenvalue weighted by atomic mass is 35.5. The zero-order valence-corrected chi connectivity index (χ0v) is 13.4. The Kier molecular flexibility index (Phi) is 6.71. The molecule has 0 spiro atoms. The molecule has 0 aliphatic rings. The zero-order valence-electron chi connectivity index (χ0n) is 11.8. The van der Waals surface area contributed by atoms with E-state index in [4.69, 9.17) is 22.7 Å². The van der Waals surface area contributed by atoms with Crippen molar-refractivity contribution in [2.24, 2.45) is 11.1 Å². The van der Waals surface area contributed by atoms with Gasteiger partial charge in [-0.1, -0.05) is 17.7 Å². The summed E-state index contributed by atoms with van der Waals surface area (Å²) >= 11 is 5.83. The Balaban J connectivity index is 0.00000441. The number of benzene rings is 1. The molecule has 0 heterocycles. The maximum Gasteiger partial charge on any atom is 0.402 e. The molecule has 0 aliphatic carbocycles. The van der Waals surface area contributed by atoms with E-state index in [1.165, 1.54) is 18.2 Å². The first-order valence-corrected chi connectivity index (χ1v) is 6.32. The van der Waals surface area contributed by atoms with Gasteiger partial charge < -0.3 is 11.1 Å². The molecule has 0 atom stereocenters. The van der Waals surface area contributed by atoms with Crippen molar-refractivity contribution in [1.29, 1.82) is 5.41 Å². The van der Waals surface area contributed by atoms with Crippen LogP contribution >= 0.6 is 24.0 Å². The fourth-order valence-electron chi connectivity index (χ4n) is 1.42. The van der Waals surface area contributed by atoms with Crippen molar-refractivity contribution in [3.05, 3.63) is 34.3 Å². The molecule has 124 valence electrons. The van der Waals surface area contributed by atoms with Crippen LogP contribution in [0.1, 0.15) is 25.0 Å². The van der Waals surface area contributed by atoms with Gasteiger partial charge in [-0.25, -0.2) is 0 Å². The van der Waals surface area contributed by atoms with E-state index in [0.717, 1.165) is 13.8 Å². The third-order valence-electron chi connectivity index (χ3n) is 3.05. The summed E-state index contributed by atoms with van der Waals surface area (Å²) in [5.74, 6) is -1.39. The number of rotatable bonds is 4. The predicted molar refractivity (Wildman–Crippen MR) is 81.4 cm³/mol. The second-order valence-corrected chi connectivity index (χ2v) is 5.44. The molecule has 0 bridgehead atoms. The number of alkyl halides is 3. The predicted octanol–water partition coefficient (Wildman–Crippen LogP) is 3.25. The van der Waals surface area contributed by atoms with E-state index in [9.17, 15) is 18.0 Å². The van der Waals surface area contributed by atoms with Crippen LogP contribution in [0.2, 0.25) is 5.02 Å². The van der Waals surface area contributed by atoms with Gasteiger partial charge in [0.25, 0.3) is 0 Å². The van der Waals surface area contributed by atoms with Gasteiger partial charge in [0, 0.05) is 12.1 Å². The van der Waals surface area contributed by atoms with Crippen LogP contribution in [0.15, 0.2) is 18.2 Å². The van der Waals surface area contributed by atoms with Gasteiger partial charge in [0.2, 0.25) is 5.91 Å². The molecule has 22 heavy (non-hydrogen) atoms. The summed E-state index contributed by atoms with van der Waals surface area (Å²) in [7, 11) is 0. The highest BCUT2D eigenvalue weighted by molar-refractivity contribution is 6.33. The molecule has 1 amide bonds. The molecule has 1 aromatic carbocycles. The van der Waals surface area contributed by atoms with Gasteiger partial charge in [-0.05, 0) is 31.5 Å². The van der Waals surface area contributed by atoms with E-state index < -0.39 is 17.5 Å². The Morgan fingerprint density at radius 3 is 2.36 bits per heavy atom. The molecule has 9 heteroatoms. The first kappa shape index (κ1) is 20.5. The van der Waals surface area contributed by atoms with Gasteiger partial charge >= 0.3 is 6.18 Å². The van der Waals surface area contributed by atoms with Crippen molar-refractivity contribution in [2.45, 2.75) is 26.6 Å². The van der Waals surface area contributed by atoms with Crippen LogP contribution in [0.4, 0.5) is 13.2 Å². The normalized spacial score (nSPS) is 11.5. The lowest BCUT2D eigenvalue weighted by atomic mass is 9.91. The van der Waals surface area contributed by atoms with Crippen LogP contribution in [0.5, 0.6) is 0 Å². The van der Waals surface area contributed by atoms with Crippen molar-refractivity contribution < 1.29 is 18.0 Å². The van der Waals surface area contributed by atoms with Crippen LogP contribution in [0.25, 0.3) is 0 Å². The number of hydrogen-bond acceptors (Lipinski definition) is 2. The number of nitrogen functional groups attached to an aromatic ring is 1. The quantitative estimate of drug-likeness (QED) is 0.571. The van der Waals surface area contributed by atoms with E-state index in [1.54, 1.807) is 0 Å². The molecule has 0 saturated carbocycles. The third-order valence-corrected chi connectivity index (χ3v) is 3.38. The zero-order chi connectivity index (χ0) is 16.4. The van der Waals surface area contributed by atoms with Gasteiger partial charge in [-0.2, -0.15) is 13.2 Å². The van der Waals surface area contributed by atoms with Crippen molar-refractivity contribution in [1.82, 2.24) is 5.32 Å². The Labute approximate surface area is 137 Å². The van der Waals surface area contributed by atoms with Crippen LogP contribution in [0.3, 0.4) is 0 Å². The number of amidine groups is 1. The molecule has 1 rings (SSSR count). The number of nitrogens with two attached hydrogens (primary N) is 1. The summed E-state index contributed by atoms with van der Waals surface area (Å²) in [6.45, 7) is 1.51. The molecule has 0 aromatic heterocycles. The number of hydrogen-bond donors (Lipinski definition) is 3. The first-order chi connectivity index (χ1) is 9.46. The monoisotopic (exact) mass is 357 g/mol. The summed E-state index contributed by atoms with van der Waals surface area (Å²) in [4.78, 5) is 11.6. The summed E-state index contributed by atoms with van der Waals surface area (Å²) in [6.07, 6.45) is -4.64. The van der Waals surface area contributed by atoms with Crippen LogP contribution < -0.4 is 11.1 Å². The van der Waals surface area contributed by atoms with Crippen molar-refractivity contribution in [3.63, 3.8) is 0 Å². The van der Waals surface area contributed by atoms with E-state index >= 15 is 0 Å². The Hall–Kier alpha value is -1.47. The second-order valence-electron chi connectivity index (χ2n) is 5.03. The van der Waals surface area contributed by atoms with E-state index in [1.807, 2.05) is 0 Å². The Morgan fingerprint density at radius 2 is 1.91 bits per heavy atom. The average Bonchev–Trinajstić information content (AvgIpc) is 2.35. The molecule has 0 saturated heterocycles. The summed E-state index contributed by atoms with van der Waals surface area (Å²) < 4.78 is 38.1. The molecular weight excluding hydrogens is 342 g/mol. The van der Waals surface area contributed by atoms with Crippen LogP contribution in [-0.4, -0.2) is 17.9 Å². The molecular formula is C13H16Cl2F3N3O. The summed E-state index contributed by atoms with van der Waals surface area (Å²) in [5, 5.41) is 9.80. The standard InChI is InChI=1S/C13H15ClF3N3O.ClH/c1-12(2,13(15,16)17)11(21)20-6-7-3-4-9(14)8(5-7)10(18)19;/h3-5H,6H2,1-2H3,(H3,18,19)(H,20,21);1H. The number of halogens is 5. The highest BCUT2D eigenvalue weighted by Crippen LogP contribution is 2.37. The van der Waals surface area contributed by atoms with Gasteiger partial charge in [-0.3, -0.25) is 10.2 Å². The summed E-state index contributed by atoms with van der Waals surface area (Å²) in [5.41, 5.74) is 3.60. The highest BCUT2D eigenvalue weighted by Gasteiger charge is 2.52. The smallest absolute Gasteiger partial charge is 0.384 e. The number of amides is 1. The van der Waals surface area contributed by atoms with Crippen molar-refractivity contribution >= 4 is 35.8 Å². The topological polar surface area (TPSA) is 79.0 Å². The number of carbonyl (C=O) groups is 1. The Bertz CT molecular complexity index is 574. The van der Waals surface area contributed by atoms with E-state index in [0.29, 0.717) is 5.56 Å². The fraction of sp³-hybridized carbons (Fsp3) is 0.385. The van der Waals surface area contributed by atoms with Crippen LogP contribution in [0, 0.1) is 10.8 Å². The molecule has 0 fully saturated rings. The lowest BCUT2D eigenvalue weighted by molar-refractivity contribution is -0.211. The molecule has 0 aliphatic heterocycles. The fourth-order valence-corrected chi connectivity index (χ4v) is 1.64. The lowest BCUT2D eigenvalue weighted by Crippen LogP contribution is -2.46. The van der Waals surface area contributed by atoms with Crippen molar-refractivity contribution in [2.75, 3.05) is 0 Å². The molecule has 0 radical (unpaired) electrons. The first-order valence-electron chi connectivity index (χ1n) is 5.94. The van der Waals surface area contributed by atoms with Gasteiger partial charge in [0.1, 0.15) is 11.3 Å². The van der Waals surface area contributed by atoms with Gasteiger partial charge in [-0.15, -0.1) is 12.4 Å².